The Kier molecular flexibility index (Phi) is 8.30. The lowest BCUT2D eigenvalue weighted by Crippen LogP contribution is -2.15. The van der Waals surface area contributed by atoms with E-state index in [0.717, 1.165) is 22.7 Å². The number of nitrogens with zero attached hydrogens (tertiary/aromatic N) is 2. The summed E-state index contributed by atoms with van der Waals surface area (Å²) in [5.41, 5.74) is 8.44. The fraction of sp³-hybridized carbons (Fsp3) is 0.115. The van der Waals surface area contributed by atoms with Gasteiger partial charge in [0.05, 0.1) is 11.4 Å². The highest BCUT2D eigenvalue weighted by molar-refractivity contribution is 6.23. The van der Waals surface area contributed by atoms with E-state index in [4.69, 9.17) is 0 Å². The number of hydrogen-bond donors (Lipinski definition) is 0. The number of rotatable bonds is 7. The molecule has 0 aliphatic heterocycles. The Labute approximate surface area is 317 Å². The van der Waals surface area contributed by atoms with Crippen molar-refractivity contribution in [3.05, 3.63) is 194 Å². The van der Waals surface area contributed by atoms with Crippen molar-refractivity contribution in [1.82, 2.24) is 0 Å². The zero-order valence-electron chi connectivity index (χ0n) is 30.4. The molecular formula is C52H42N2. The number of fused-ring (bicyclic) bond motifs is 4. The molecule has 0 aromatic heterocycles. The average Bonchev–Trinajstić information content (AvgIpc) is 3.25. The van der Waals surface area contributed by atoms with Crippen LogP contribution >= 0.6 is 0 Å². The highest BCUT2D eigenvalue weighted by Gasteiger charge is 2.27. The van der Waals surface area contributed by atoms with Crippen molar-refractivity contribution >= 4 is 77.2 Å². The first kappa shape index (κ1) is 32.3. The third-order valence-electron chi connectivity index (χ3n) is 11.5. The molecule has 54 heavy (non-hydrogen) atoms. The third-order valence-corrected chi connectivity index (χ3v) is 11.5. The van der Waals surface area contributed by atoms with Crippen molar-refractivity contribution in [2.45, 2.75) is 38.0 Å². The normalized spacial score (nSPS) is 13.5. The van der Waals surface area contributed by atoms with E-state index in [1.54, 1.807) is 0 Å². The lowest BCUT2D eigenvalue weighted by Gasteiger charge is -2.33. The molecule has 0 heterocycles. The largest absolute Gasteiger partial charge is 0.309 e. The topological polar surface area (TPSA) is 6.48 Å². The molecule has 2 nitrogen and oxygen atoms in total. The van der Waals surface area contributed by atoms with Gasteiger partial charge >= 0.3 is 0 Å². The summed E-state index contributed by atoms with van der Waals surface area (Å²) in [6.45, 7) is 0. The van der Waals surface area contributed by atoms with Crippen LogP contribution in [0.1, 0.15) is 43.6 Å². The molecule has 0 saturated heterocycles. The van der Waals surface area contributed by atoms with Crippen LogP contribution < -0.4 is 9.80 Å². The van der Waals surface area contributed by atoms with Crippen LogP contribution in [0.25, 0.3) is 43.1 Å². The summed E-state index contributed by atoms with van der Waals surface area (Å²) < 4.78 is 0. The van der Waals surface area contributed by atoms with E-state index in [1.165, 1.54) is 92.1 Å². The Balaban J connectivity index is 1.33. The van der Waals surface area contributed by atoms with Crippen molar-refractivity contribution in [1.29, 1.82) is 0 Å². The number of benzene rings is 9. The zero-order valence-corrected chi connectivity index (χ0v) is 30.4. The van der Waals surface area contributed by atoms with Crippen LogP contribution in [0.4, 0.5) is 34.1 Å². The van der Waals surface area contributed by atoms with Gasteiger partial charge in [-0.1, -0.05) is 153 Å². The van der Waals surface area contributed by atoms with E-state index in [2.05, 4.69) is 198 Å². The maximum absolute atomic E-state index is 2.55. The second-order valence-electron chi connectivity index (χ2n) is 14.8. The van der Waals surface area contributed by atoms with Crippen LogP contribution in [0, 0.1) is 0 Å². The summed E-state index contributed by atoms with van der Waals surface area (Å²) >= 11 is 0. The monoisotopic (exact) mass is 694 g/mol. The summed E-state index contributed by atoms with van der Waals surface area (Å²) in [6, 6.07) is 69.5. The van der Waals surface area contributed by atoms with E-state index >= 15 is 0 Å². The van der Waals surface area contributed by atoms with Gasteiger partial charge in [-0.05, 0) is 100 Å². The van der Waals surface area contributed by atoms with Crippen LogP contribution in [0.2, 0.25) is 0 Å². The number of hydrogen-bond acceptors (Lipinski definition) is 2. The predicted molar refractivity (Wildman–Crippen MR) is 232 cm³/mol. The van der Waals surface area contributed by atoms with Crippen molar-refractivity contribution in [2.24, 2.45) is 0 Å². The average molecular weight is 695 g/mol. The quantitative estimate of drug-likeness (QED) is 0.121. The smallest absolute Gasteiger partial charge is 0.0620 e. The van der Waals surface area contributed by atoms with Crippen LogP contribution in [0.3, 0.4) is 0 Å². The van der Waals surface area contributed by atoms with Gasteiger partial charge in [-0.25, -0.2) is 0 Å². The first-order chi connectivity index (χ1) is 26.8. The Hall–Kier alpha value is -6.38. The van der Waals surface area contributed by atoms with Crippen molar-refractivity contribution < 1.29 is 0 Å². The maximum atomic E-state index is 2.55. The van der Waals surface area contributed by atoms with E-state index in [9.17, 15) is 0 Å². The minimum Gasteiger partial charge on any atom is -0.309 e. The van der Waals surface area contributed by atoms with Gasteiger partial charge in [0.15, 0.2) is 0 Å². The molecule has 0 unspecified atom stereocenters. The van der Waals surface area contributed by atoms with Gasteiger partial charge < -0.3 is 9.80 Å². The van der Waals surface area contributed by atoms with Gasteiger partial charge in [0, 0.05) is 44.3 Å². The lowest BCUT2D eigenvalue weighted by atomic mass is 9.83. The van der Waals surface area contributed by atoms with Gasteiger partial charge in [0.2, 0.25) is 0 Å². The molecule has 0 bridgehead atoms. The predicted octanol–water partition coefficient (Wildman–Crippen LogP) is 15.3. The molecule has 260 valence electrons. The molecule has 0 amide bonds. The second-order valence-corrected chi connectivity index (χ2v) is 14.8. The van der Waals surface area contributed by atoms with E-state index < -0.39 is 0 Å². The molecule has 1 fully saturated rings. The molecule has 1 saturated carbocycles. The molecule has 9 aromatic rings. The van der Waals surface area contributed by atoms with E-state index in [0.29, 0.717) is 5.92 Å². The zero-order chi connectivity index (χ0) is 35.8. The summed E-state index contributed by atoms with van der Waals surface area (Å²) in [6.07, 6.45) is 6.44. The Bertz CT molecular complexity index is 2760. The van der Waals surface area contributed by atoms with Crippen LogP contribution in [0.15, 0.2) is 188 Å². The Morgan fingerprint density at radius 3 is 1.30 bits per heavy atom. The van der Waals surface area contributed by atoms with E-state index in [1.807, 2.05) is 0 Å². The van der Waals surface area contributed by atoms with Gasteiger partial charge in [0.1, 0.15) is 0 Å². The summed E-state index contributed by atoms with van der Waals surface area (Å²) in [5, 5.41) is 9.89. The Morgan fingerprint density at radius 2 is 0.759 bits per heavy atom. The molecule has 0 atom stereocenters. The lowest BCUT2D eigenvalue weighted by molar-refractivity contribution is 0.444. The Morgan fingerprint density at radius 1 is 0.315 bits per heavy atom. The molecule has 1 aliphatic rings. The molecule has 0 radical (unpaired) electrons. The highest BCUT2D eigenvalue weighted by Crippen LogP contribution is 2.52. The van der Waals surface area contributed by atoms with Crippen molar-refractivity contribution in [3.8, 4) is 0 Å². The highest BCUT2D eigenvalue weighted by atomic mass is 15.2. The molecule has 1 aliphatic carbocycles. The fourth-order valence-electron chi connectivity index (χ4n) is 8.92. The number of para-hydroxylation sites is 2. The molecule has 0 spiro atoms. The maximum Gasteiger partial charge on any atom is 0.0620 e. The van der Waals surface area contributed by atoms with Crippen LogP contribution in [0.5, 0.6) is 0 Å². The molecule has 10 rings (SSSR count). The fourth-order valence-corrected chi connectivity index (χ4v) is 8.92. The van der Waals surface area contributed by atoms with Gasteiger partial charge in [-0.3, -0.25) is 0 Å². The van der Waals surface area contributed by atoms with Crippen LogP contribution in [-0.2, 0) is 0 Å². The third kappa shape index (κ3) is 5.76. The molecule has 9 aromatic carbocycles. The van der Waals surface area contributed by atoms with Crippen molar-refractivity contribution in [2.75, 3.05) is 9.80 Å². The first-order valence-corrected chi connectivity index (χ1v) is 19.5. The van der Waals surface area contributed by atoms with E-state index in [-0.39, 0.29) is 0 Å². The van der Waals surface area contributed by atoms with Gasteiger partial charge in [-0.2, -0.15) is 0 Å². The summed E-state index contributed by atoms with van der Waals surface area (Å²) in [5.74, 6) is 0.572. The minimum atomic E-state index is 0.572. The summed E-state index contributed by atoms with van der Waals surface area (Å²) in [7, 11) is 0. The standard InChI is InChI=1S/C52H42N2/c1-4-16-37(17-5-1)42-30-33-49-50(36-42)52(54(44-24-8-3-9-25-44)46-32-29-39-19-11-13-21-41(39)35-46)48-27-15-14-26-47(48)51(49)53(43-22-6-2-7-23-43)45-31-28-38-18-10-12-20-40(38)34-45/h2-3,6-15,18-37H,1,4-5,16-17H2. The molecule has 2 heteroatoms. The SMILES string of the molecule is c1ccc(N(c2ccc3ccccc3c2)c2c3ccccc3c(N(c3ccccc3)c3ccc4ccccc4c3)c3cc(C4CCCCC4)ccc23)cc1. The van der Waals surface area contributed by atoms with Crippen LogP contribution in [-0.4, -0.2) is 0 Å². The second kappa shape index (κ2) is 13.9. The van der Waals surface area contributed by atoms with Gasteiger partial charge in [0.25, 0.3) is 0 Å². The molecular weight excluding hydrogens is 653 g/mol. The molecule has 0 N–H and O–H groups in total. The first-order valence-electron chi connectivity index (χ1n) is 19.5. The number of anilines is 6. The minimum absolute atomic E-state index is 0.572. The van der Waals surface area contributed by atoms with Gasteiger partial charge in [-0.15, -0.1) is 0 Å². The summed E-state index contributed by atoms with van der Waals surface area (Å²) in [4.78, 5) is 5.00. The van der Waals surface area contributed by atoms with Crippen molar-refractivity contribution in [3.63, 3.8) is 0 Å².